The molecule has 0 aliphatic carbocycles. The Balaban J connectivity index is 2.72. The lowest BCUT2D eigenvalue weighted by atomic mass is 10.2. The highest BCUT2D eigenvalue weighted by Gasteiger charge is 2.13. The highest BCUT2D eigenvalue weighted by molar-refractivity contribution is 5.97. The summed E-state index contributed by atoms with van der Waals surface area (Å²) in [7, 11) is 1.73. The maximum Gasteiger partial charge on any atom is 0.335 e. The second-order valence-electron chi connectivity index (χ2n) is 3.56. The molecule has 0 aliphatic heterocycles. The summed E-state index contributed by atoms with van der Waals surface area (Å²) in [5.74, 6) is -0.815. The number of Topliss-reactive ketones (excluding diaryl/α,β-unsaturated/α-hetero) is 1. The SMILES string of the molecule is CC(=O)c1nc2cc(C(=O)O)ccc2n1C. The van der Waals surface area contributed by atoms with Gasteiger partial charge in [-0.05, 0) is 18.2 Å². The molecule has 82 valence electrons. The number of carboxylic acids is 1. The van der Waals surface area contributed by atoms with E-state index in [9.17, 15) is 9.59 Å². The van der Waals surface area contributed by atoms with Gasteiger partial charge in [-0.2, -0.15) is 0 Å². The smallest absolute Gasteiger partial charge is 0.335 e. The van der Waals surface area contributed by atoms with Crippen LogP contribution in [0.4, 0.5) is 0 Å². The van der Waals surface area contributed by atoms with Gasteiger partial charge in [-0.15, -0.1) is 0 Å². The number of carbonyl (C=O) groups excluding carboxylic acids is 1. The molecule has 0 radical (unpaired) electrons. The van der Waals surface area contributed by atoms with Gasteiger partial charge in [-0.1, -0.05) is 0 Å². The lowest BCUT2D eigenvalue weighted by Gasteiger charge is -1.97. The number of aromatic carboxylic acids is 1. The fourth-order valence-corrected chi connectivity index (χ4v) is 1.65. The van der Waals surface area contributed by atoms with Crippen molar-refractivity contribution in [1.82, 2.24) is 9.55 Å². The molecular formula is C11H10N2O3. The highest BCUT2D eigenvalue weighted by atomic mass is 16.4. The number of rotatable bonds is 2. The molecule has 2 aromatic rings. The summed E-state index contributed by atoms with van der Waals surface area (Å²) in [4.78, 5) is 26.1. The zero-order valence-corrected chi connectivity index (χ0v) is 8.89. The maximum atomic E-state index is 11.3. The average Bonchev–Trinajstić information content (AvgIpc) is 2.55. The van der Waals surface area contributed by atoms with Gasteiger partial charge in [0.2, 0.25) is 0 Å². The van der Waals surface area contributed by atoms with Gasteiger partial charge in [0.25, 0.3) is 0 Å². The number of carbonyl (C=O) groups is 2. The number of nitrogens with zero attached hydrogens (tertiary/aromatic N) is 2. The van der Waals surface area contributed by atoms with Gasteiger partial charge in [0, 0.05) is 14.0 Å². The Bertz CT molecular complexity index is 599. The van der Waals surface area contributed by atoms with Gasteiger partial charge in [0.1, 0.15) is 0 Å². The molecule has 0 fully saturated rings. The minimum absolute atomic E-state index is 0.143. The van der Waals surface area contributed by atoms with Crippen molar-refractivity contribution in [1.29, 1.82) is 0 Å². The first-order chi connectivity index (χ1) is 7.50. The number of imidazole rings is 1. The van der Waals surface area contributed by atoms with E-state index in [1.54, 1.807) is 17.7 Å². The molecular weight excluding hydrogens is 208 g/mol. The van der Waals surface area contributed by atoms with Crippen LogP contribution in [-0.2, 0) is 7.05 Å². The van der Waals surface area contributed by atoms with Gasteiger partial charge in [0.05, 0.1) is 16.6 Å². The zero-order valence-electron chi connectivity index (χ0n) is 8.89. The summed E-state index contributed by atoms with van der Waals surface area (Å²) >= 11 is 0. The van der Waals surface area contributed by atoms with E-state index in [0.717, 1.165) is 5.52 Å². The molecule has 16 heavy (non-hydrogen) atoms. The Kier molecular flexibility index (Phi) is 2.23. The second-order valence-corrected chi connectivity index (χ2v) is 3.56. The summed E-state index contributed by atoms with van der Waals surface area (Å²) in [6.07, 6.45) is 0. The second kappa shape index (κ2) is 3.44. The van der Waals surface area contributed by atoms with E-state index < -0.39 is 5.97 Å². The number of aryl methyl sites for hydroxylation is 1. The normalized spacial score (nSPS) is 10.6. The molecule has 1 aromatic carbocycles. The summed E-state index contributed by atoms with van der Waals surface area (Å²) in [6, 6.07) is 4.61. The molecule has 5 nitrogen and oxygen atoms in total. The molecule has 0 spiro atoms. The molecule has 0 aliphatic rings. The molecule has 0 atom stereocenters. The largest absolute Gasteiger partial charge is 0.478 e. The van der Waals surface area contributed by atoms with Crippen LogP contribution < -0.4 is 0 Å². The lowest BCUT2D eigenvalue weighted by molar-refractivity contribution is 0.0697. The number of aromatic nitrogens is 2. The lowest BCUT2D eigenvalue weighted by Crippen LogP contribution is -2.02. The van der Waals surface area contributed by atoms with Crippen LogP contribution in [0, 0.1) is 0 Å². The summed E-state index contributed by atoms with van der Waals surface area (Å²) in [5, 5.41) is 8.83. The van der Waals surface area contributed by atoms with Gasteiger partial charge < -0.3 is 9.67 Å². The predicted molar refractivity (Wildman–Crippen MR) is 57.7 cm³/mol. The van der Waals surface area contributed by atoms with Crippen LogP contribution in [0.3, 0.4) is 0 Å². The van der Waals surface area contributed by atoms with E-state index in [1.807, 2.05) is 0 Å². The minimum Gasteiger partial charge on any atom is -0.478 e. The van der Waals surface area contributed by atoms with Crippen molar-refractivity contribution in [2.75, 3.05) is 0 Å². The minimum atomic E-state index is -1.00. The van der Waals surface area contributed by atoms with Crippen LogP contribution in [0.2, 0.25) is 0 Å². The first-order valence-corrected chi connectivity index (χ1v) is 4.71. The molecule has 1 heterocycles. The van der Waals surface area contributed by atoms with Crippen LogP contribution in [-0.4, -0.2) is 26.4 Å². The molecule has 0 unspecified atom stereocenters. The first kappa shape index (κ1) is 10.4. The van der Waals surface area contributed by atoms with Gasteiger partial charge in [0.15, 0.2) is 11.6 Å². The van der Waals surface area contributed by atoms with E-state index in [1.165, 1.54) is 19.1 Å². The van der Waals surface area contributed by atoms with Crippen molar-refractivity contribution in [2.24, 2.45) is 7.05 Å². The predicted octanol–water partition coefficient (Wildman–Crippen LogP) is 1.47. The van der Waals surface area contributed by atoms with Crippen LogP contribution in [0.1, 0.15) is 27.9 Å². The van der Waals surface area contributed by atoms with Crippen molar-refractivity contribution < 1.29 is 14.7 Å². The molecule has 0 bridgehead atoms. The third-order valence-electron chi connectivity index (χ3n) is 2.44. The summed E-state index contributed by atoms with van der Waals surface area (Å²) in [5.41, 5.74) is 1.43. The van der Waals surface area contributed by atoms with Crippen LogP contribution in [0.5, 0.6) is 0 Å². The van der Waals surface area contributed by atoms with Gasteiger partial charge in [-0.25, -0.2) is 9.78 Å². The molecule has 0 saturated carbocycles. The first-order valence-electron chi connectivity index (χ1n) is 4.71. The van der Waals surface area contributed by atoms with Crippen LogP contribution in [0.15, 0.2) is 18.2 Å². The summed E-state index contributed by atoms with van der Waals surface area (Å²) in [6.45, 7) is 1.43. The van der Waals surface area contributed by atoms with E-state index in [4.69, 9.17) is 5.11 Å². The number of fused-ring (bicyclic) bond motifs is 1. The third-order valence-corrected chi connectivity index (χ3v) is 2.44. The van der Waals surface area contributed by atoms with Crippen molar-refractivity contribution in [3.05, 3.63) is 29.6 Å². The van der Waals surface area contributed by atoms with E-state index in [0.29, 0.717) is 11.3 Å². The molecule has 0 saturated heterocycles. The van der Waals surface area contributed by atoms with Crippen molar-refractivity contribution in [3.63, 3.8) is 0 Å². The number of carboxylic acid groups (broad SMARTS) is 1. The Hall–Kier alpha value is -2.17. The molecule has 5 heteroatoms. The fourth-order valence-electron chi connectivity index (χ4n) is 1.65. The standard InChI is InChI=1S/C11H10N2O3/c1-6(14)10-12-8-5-7(11(15)16)3-4-9(8)13(10)2/h3-5H,1-2H3,(H,15,16). The number of benzene rings is 1. The topological polar surface area (TPSA) is 72.2 Å². The highest BCUT2D eigenvalue weighted by Crippen LogP contribution is 2.17. The average molecular weight is 218 g/mol. The van der Waals surface area contributed by atoms with Crippen LogP contribution >= 0.6 is 0 Å². The Labute approximate surface area is 91.3 Å². The van der Waals surface area contributed by atoms with E-state index in [-0.39, 0.29) is 11.3 Å². The van der Waals surface area contributed by atoms with Crippen LogP contribution in [0.25, 0.3) is 11.0 Å². The fraction of sp³-hybridized carbons (Fsp3) is 0.182. The number of ketones is 1. The Morgan fingerprint density at radius 3 is 2.62 bits per heavy atom. The van der Waals surface area contributed by atoms with Crippen molar-refractivity contribution in [2.45, 2.75) is 6.92 Å². The summed E-state index contributed by atoms with van der Waals surface area (Å²) < 4.78 is 1.66. The van der Waals surface area contributed by atoms with Gasteiger partial charge >= 0.3 is 5.97 Å². The number of hydrogen-bond donors (Lipinski definition) is 1. The van der Waals surface area contributed by atoms with E-state index in [2.05, 4.69) is 4.98 Å². The maximum absolute atomic E-state index is 11.3. The number of hydrogen-bond acceptors (Lipinski definition) is 3. The van der Waals surface area contributed by atoms with Gasteiger partial charge in [-0.3, -0.25) is 4.79 Å². The Morgan fingerprint density at radius 2 is 2.06 bits per heavy atom. The Morgan fingerprint density at radius 1 is 1.38 bits per heavy atom. The van der Waals surface area contributed by atoms with Crippen molar-refractivity contribution >= 4 is 22.8 Å². The zero-order chi connectivity index (χ0) is 11.9. The van der Waals surface area contributed by atoms with Crippen molar-refractivity contribution in [3.8, 4) is 0 Å². The third kappa shape index (κ3) is 1.46. The molecule has 1 aromatic heterocycles. The monoisotopic (exact) mass is 218 g/mol. The molecule has 1 N–H and O–H groups in total. The quantitative estimate of drug-likeness (QED) is 0.775. The van der Waals surface area contributed by atoms with E-state index >= 15 is 0 Å². The molecule has 0 amide bonds. The molecule has 2 rings (SSSR count).